The van der Waals surface area contributed by atoms with E-state index in [2.05, 4.69) is 86.2 Å². The molecule has 0 N–H and O–H groups in total. The van der Waals surface area contributed by atoms with Crippen LogP contribution in [0.15, 0.2) is 24.3 Å². The van der Waals surface area contributed by atoms with Gasteiger partial charge in [0.25, 0.3) is 0 Å². The summed E-state index contributed by atoms with van der Waals surface area (Å²) in [6.07, 6.45) is 17.5. The van der Waals surface area contributed by atoms with Gasteiger partial charge >= 0.3 is 37.9 Å². The van der Waals surface area contributed by atoms with Crippen LogP contribution in [-0.2, 0) is 31.0 Å². The molecule has 3 fully saturated rings. The Labute approximate surface area is 302 Å². The molecule has 6 unspecified atom stereocenters. The van der Waals surface area contributed by atoms with Crippen LogP contribution in [0.5, 0.6) is 0 Å². The number of hydrogen-bond donors (Lipinski definition) is 0. The van der Waals surface area contributed by atoms with Crippen LogP contribution in [-0.4, -0.2) is 20.3 Å². The third kappa shape index (κ3) is 12.3. The van der Waals surface area contributed by atoms with E-state index in [0.717, 1.165) is 47.3 Å². The van der Waals surface area contributed by atoms with Gasteiger partial charge < -0.3 is 19.6 Å². The summed E-state index contributed by atoms with van der Waals surface area (Å²) in [5.41, 5.74) is 5.54. The summed E-state index contributed by atoms with van der Waals surface area (Å²) in [6.45, 7) is 22.6. The van der Waals surface area contributed by atoms with E-state index in [1.54, 1.807) is 24.4 Å². The van der Waals surface area contributed by atoms with Crippen molar-refractivity contribution in [3.05, 3.63) is 50.2 Å². The van der Waals surface area contributed by atoms with Gasteiger partial charge in [-0.3, -0.25) is 0 Å². The first kappa shape index (κ1) is 43.9. The molecule has 45 heavy (non-hydrogen) atoms. The Hall–Kier alpha value is 0.860. The standard InChI is InChI=1S/C38H66OSi.2CH3.2ClH.Zr/c1-28(2)34-27-35-32(29-21-23-30(24-22-29)37(3,4)5)19-16-20-33(35)36(34)40(9,31-17-12-13-18-31)26-15-11-10-14-25-39-38(6,7)8;;;;;/h21-24,28,31-36H,10-20,25-27H2,1-9H3;2*1H3;2*1H;/q;2*-1;;;+4/p-2. The number of halogens is 2. The van der Waals surface area contributed by atoms with Crippen molar-refractivity contribution in [2.24, 2.45) is 23.7 Å². The predicted octanol–water partition coefficient (Wildman–Crippen LogP) is 14.2. The van der Waals surface area contributed by atoms with Gasteiger partial charge in [-0.1, -0.05) is 129 Å². The summed E-state index contributed by atoms with van der Waals surface area (Å²) >= 11 is -0.826. The number of ether oxygens (including phenoxy) is 1. The van der Waals surface area contributed by atoms with E-state index in [-0.39, 0.29) is 25.9 Å². The molecule has 1 aromatic rings. The zero-order chi connectivity index (χ0) is 31.8. The quantitative estimate of drug-likeness (QED) is 0.124. The summed E-state index contributed by atoms with van der Waals surface area (Å²) in [6, 6.07) is 11.6. The van der Waals surface area contributed by atoms with E-state index in [4.69, 9.17) is 21.8 Å². The SMILES string of the molecule is CC(C)C1CC2C(c3ccc(C(C)(C)C)cc3)CCCC2C1[Si](C)(CCCCCCOC(C)(C)C)C1CCCC1.[CH3-].[CH3-].[Cl][Zr+2][Cl]. The third-order valence-electron chi connectivity index (χ3n) is 11.8. The molecule has 0 spiro atoms. The van der Waals surface area contributed by atoms with E-state index < -0.39 is 28.9 Å². The van der Waals surface area contributed by atoms with E-state index in [1.165, 1.54) is 69.8 Å². The topological polar surface area (TPSA) is 9.23 Å². The average Bonchev–Trinajstić information content (AvgIpc) is 3.61. The zero-order valence-corrected chi connectivity index (χ0v) is 36.4. The molecular weight excluding hydrogens is 687 g/mol. The van der Waals surface area contributed by atoms with Crippen LogP contribution in [0.4, 0.5) is 0 Å². The fraction of sp³-hybridized carbons (Fsp3) is 0.800. The second kappa shape index (κ2) is 19.9. The molecule has 0 bridgehead atoms. The number of benzene rings is 1. The second-order valence-electron chi connectivity index (χ2n) is 17.1. The van der Waals surface area contributed by atoms with Gasteiger partial charge in [-0.2, -0.15) is 0 Å². The number of fused-ring (bicyclic) bond motifs is 1. The molecule has 0 aliphatic heterocycles. The van der Waals surface area contributed by atoms with Gasteiger partial charge in [-0.25, -0.2) is 0 Å². The van der Waals surface area contributed by atoms with Gasteiger partial charge in [0.2, 0.25) is 0 Å². The molecule has 5 heteroatoms. The minimum absolute atomic E-state index is 0. The van der Waals surface area contributed by atoms with Gasteiger partial charge in [0.1, 0.15) is 0 Å². The summed E-state index contributed by atoms with van der Waals surface area (Å²) in [5.74, 6) is 4.51. The maximum absolute atomic E-state index is 6.02. The maximum atomic E-state index is 6.02. The molecular formula is C40H72Cl2OSiZr. The molecule has 4 rings (SSSR count). The summed E-state index contributed by atoms with van der Waals surface area (Å²) in [5, 5.41) is 0. The molecule has 3 aliphatic carbocycles. The molecule has 0 radical (unpaired) electrons. The van der Waals surface area contributed by atoms with Crippen LogP contribution < -0.4 is 0 Å². The van der Waals surface area contributed by atoms with Gasteiger partial charge in [-0.15, -0.1) is 0 Å². The van der Waals surface area contributed by atoms with Gasteiger partial charge in [-0.05, 0) is 97.2 Å². The van der Waals surface area contributed by atoms with Crippen molar-refractivity contribution in [2.75, 3.05) is 6.61 Å². The van der Waals surface area contributed by atoms with Crippen molar-refractivity contribution < 1.29 is 25.6 Å². The third-order valence-corrected chi connectivity index (χ3v) is 18.1. The van der Waals surface area contributed by atoms with Crippen LogP contribution in [0.2, 0.25) is 23.7 Å². The number of hydrogen-bond acceptors (Lipinski definition) is 1. The monoisotopic (exact) mass is 756 g/mol. The van der Waals surface area contributed by atoms with Crippen LogP contribution in [0.1, 0.15) is 149 Å². The van der Waals surface area contributed by atoms with Gasteiger partial charge in [0, 0.05) is 6.61 Å². The van der Waals surface area contributed by atoms with Crippen LogP contribution >= 0.6 is 17.0 Å². The van der Waals surface area contributed by atoms with Crippen molar-refractivity contribution in [3.63, 3.8) is 0 Å². The van der Waals surface area contributed by atoms with Crippen molar-refractivity contribution in [3.8, 4) is 0 Å². The molecule has 1 nitrogen and oxygen atoms in total. The van der Waals surface area contributed by atoms with Gasteiger partial charge in [0.15, 0.2) is 0 Å². The Balaban J connectivity index is 0.00000195. The molecule has 0 amide bonds. The fourth-order valence-electron chi connectivity index (χ4n) is 9.74. The first-order valence-electron chi connectivity index (χ1n) is 17.9. The summed E-state index contributed by atoms with van der Waals surface area (Å²) < 4.78 is 6.02. The molecule has 3 aliphatic rings. The summed E-state index contributed by atoms with van der Waals surface area (Å²) in [4.78, 5) is 0. The van der Waals surface area contributed by atoms with Crippen molar-refractivity contribution in [1.82, 2.24) is 0 Å². The molecule has 6 atom stereocenters. The van der Waals surface area contributed by atoms with Crippen LogP contribution in [0, 0.1) is 38.5 Å². The van der Waals surface area contributed by atoms with E-state index in [9.17, 15) is 0 Å². The van der Waals surface area contributed by atoms with Crippen molar-refractivity contribution in [2.45, 2.75) is 173 Å². The number of rotatable bonds is 11. The molecule has 3 saturated carbocycles. The summed E-state index contributed by atoms with van der Waals surface area (Å²) in [7, 11) is 8.46. The van der Waals surface area contributed by atoms with E-state index >= 15 is 0 Å². The van der Waals surface area contributed by atoms with Crippen molar-refractivity contribution >= 4 is 25.1 Å². The second-order valence-corrected chi connectivity index (χ2v) is 25.8. The Morgan fingerprint density at radius 3 is 1.93 bits per heavy atom. The first-order chi connectivity index (χ1) is 20.2. The van der Waals surface area contributed by atoms with E-state index in [0.29, 0.717) is 0 Å². The predicted molar refractivity (Wildman–Crippen MR) is 203 cm³/mol. The normalized spacial score (nSPS) is 26.5. The Kier molecular flexibility index (Phi) is 19.4. The zero-order valence-electron chi connectivity index (χ0n) is 31.4. The first-order valence-corrected chi connectivity index (χ1v) is 27.1. The molecule has 1 aromatic carbocycles. The van der Waals surface area contributed by atoms with Crippen LogP contribution in [0.3, 0.4) is 0 Å². The Bertz CT molecular complexity index is 933. The molecule has 0 aromatic heterocycles. The molecule has 0 saturated heterocycles. The van der Waals surface area contributed by atoms with Crippen LogP contribution in [0.25, 0.3) is 0 Å². The minimum atomic E-state index is -1.41. The van der Waals surface area contributed by atoms with Crippen molar-refractivity contribution in [1.29, 1.82) is 0 Å². The molecule has 0 heterocycles. The molecule has 260 valence electrons. The number of unbranched alkanes of at least 4 members (excludes halogenated alkanes) is 3. The Morgan fingerprint density at radius 1 is 0.822 bits per heavy atom. The fourth-order valence-corrected chi connectivity index (χ4v) is 16.7. The average molecular weight is 759 g/mol. The Morgan fingerprint density at radius 2 is 1.40 bits per heavy atom. The van der Waals surface area contributed by atoms with Gasteiger partial charge in [0.05, 0.1) is 13.7 Å². The van der Waals surface area contributed by atoms with E-state index in [1.807, 2.05) is 0 Å².